The molecule has 2 fully saturated rings. The molecule has 1 N–H and O–H groups in total. The number of fused-ring (bicyclic) bond motifs is 1. The Balaban J connectivity index is 0.00000161. The van der Waals surface area contributed by atoms with Crippen molar-refractivity contribution in [3.8, 4) is 0 Å². The molecule has 3 nitrogen and oxygen atoms in total. The Hall–Kier alpha value is -1.06. The van der Waals surface area contributed by atoms with Gasteiger partial charge in [-0.1, -0.05) is 49.6 Å². The highest BCUT2D eigenvalue weighted by molar-refractivity contribution is 5.85. The van der Waals surface area contributed by atoms with E-state index in [-0.39, 0.29) is 24.4 Å². The highest BCUT2D eigenvalue weighted by Crippen LogP contribution is 2.32. The maximum Gasteiger partial charge on any atom is 0.323 e. The second-order valence-corrected chi connectivity index (χ2v) is 6.05. The van der Waals surface area contributed by atoms with Crippen LogP contribution >= 0.6 is 12.4 Å². The van der Waals surface area contributed by atoms with Gasteiger partial charge in [-0.2, -0.15) is 0 Å². The van der Waals surface area contributed by atoms with Crippen LogP contribution in [0.5, 0.6) is 0 Å². The normalized spacial score (nSPS) is 28.1. The lowest BCUT2D eigenvalue weighted by molar-refractivity contribution is -0.147. The maximum absolute atomic E-state index is 12.2. The summed E-state index contributed by atoms with van der Waals surface area (Å²) in [5, 5.41) is 3.49. The van der Waals surface area contributed by atoms with E-state index in [4.69, 9.17) is 4.74 Å². The van der Waals surface area contributed by atoms with Crippen molar-refractivity contribution in [1.29, 1.82) is 0 Å². The molecule has 21 heavy (non-hydrogen) atoms. The smallest absolute Gasteiger partial charge is 0.323 e. The molecule has 1 saturated heterocycles. The molecule has 0 radical (unpaired) electrons. The summed E-state index contributed by atoms with van der Waals surface area (Å²) in [6.45, 7) is 0.382. The summed E-state index contributed by atoms with van der Waals surface area (Å²) in [4.78, 5) is 12.2. The summed E-state index contributed by atoms with van der Waals surface area (Å²) in [7, 11) is 0. The molecule has 1 aromatic carbocycles. The number of benzene rings is 1. The van der Waals surface area contributed by atoms with Gasteiger partial charge in [0, 0.05) is 6.04 Å². The van der Waals surface area contributed by atoms with Crippen LogP contribution in [0.1, 0.15) is 44.1 Å². The average molecular weight is 310 g/mol. The van der Waals surface area contributed by atoms with Crippen molar-refractivity contribution in [2.45, 2.75) is 57.2 Å². The summed E-state index contributed by atoms with van der Waals surface area (Å²) in [5.74, 6) is 0.591. The summed E-state index contributed by atoms with van der Waals surface area (Å²) in [5.41, 5.74) is 1.05. The van der Waals surface area contributed by atoms with Gasteiger partial charge in [-0.05, 0) is 30.7 Å². The van der Waals surface area contributed by atoms with Gasteiger partial charge in [0.1, 0.15) is 12.6 Å². The van der Waals surface area contributed by atoms with Crippen LogP contribution in [0.3, 0.4) is 0 Å². The summed E-state index contributed by atoms with van der Waals surface area (Å²) in [6, 6.07) is 10.3. The molecule has 3 unspecified atom stereocenters. The Labute approximate surface area is 132 Å². The van der Waals surface area contributed by atoms with Gasteiger partial charge in [-0.15, -0.1) is 12.4 Å². The topological polar surface area (TPSA) is 38.3 Å². The van der Waals surface area contributed by atoms with Crippen molar-refractivity contribution < 1.29 is 9.53 Å². The summed E-state index contributed by atoms with van der Waals surface area (Å²) >= 11 is 0. The largest absolute Gasteiger partial charge is 0.460 e. The molecule has 0 amide bonds. The number of hydrogen-bond acceptors (Lipinski definition) is 3. The van der Waals surface area contributed by atoms with Crippen molar-refractivity contribution in [2.24, 2.45) is 5.92 Å². The molecule has 0 spiro atoms. The molecule has 3 rings (SSSR count). The number of rotatable bonds is 3. The van der Waals surface area contributed by atoms with E-state index in [1.807, 2.05) is 30.3 Å². The quantitative estimate of drug-likeness (QED) is 0.869. The lowest BCUT2D eigenvalue weighted by atomic mass is 9.94. The second kappa shape index (κ2) is 7.81. The molecule has 3 atom stereocenters. The lowest BCUT2D eigenvalue weighted by Crippen LogP contribution is -2.37. The van der Waals surface area contributed by atoms with Crippen LogP contribution < -0.4 is 5.32 Å². The van der Waals surface area contributed by atoms with Gasteiger partial charge in [0.25, 0.3) is 0 Å². The highest BCUT2D eigenvalue weighted by Gasteiger charge is 2.38. The van der Waals surface area contributed by atoms with Crippen LogP contribution in [0.15, 0.2) is 30.3 Å². The minimum Gasteiger partial charge on any atom is -0.460 e. The van der Waals surface area contributed by atoms with Gasteiger partial charge in [-0.25, -0.2) is 0 Å². The predicted molar refractivity (Wildman–Crippen MR) is 85.4 cm³/mol. The molecule has 4 heteroatoms. The van der Waals surface area contributed by atoms with Gasteiger partial charge >= 0.3 is 5.97 Å². The lowest BCUT2D eigenvalue weighted by Gasteiger charge is -2.15. The third-order valence-electron chi connectivity index (χ3n) is 4.62. The zero-order valence-corrected chi connectivity index (χ0v) is 13.1. The standard InChI is InChI=1S/C17H23NO2.ClH/c19-17(20-12-13-7-3-1-4-8-13)16-11-14-9-5-2-6-10-15(14)18-16;/h1,3-4,7-8,14-16,18H,2,5-6,9-12H2;1H. The predicted octanol–water partition coefficient (Wildman–Crippen LogP) is 3.46. The molecule has 1 aliphatic heterocycles. The van der Waals surface area contributed by atoms with Crippen LogP contribution in [0.25, 0.3) is 0 Å². The number of halogens is 1. The second-order valence-electron chi connectivity index (χ2n) is 6.05. The van der Waals surface area contributed by atoms with Crippen LogP contribution in [-0.2, 0) is 16.1 Å². The van der Waals surface area contributed by atoms with E-state index in [1.165, 1.54) is 32.1 Å². The van der Waals surface area contributed by atoms with E-state index in [9.17, 15) is 4.79 Å². The van der Waals surface area contributed by atoms with E-state index in [0.717, 1.165) is 12.0 Å². The van der Waals surface area contributed by atoms with Crippen molar-refractivity contribution in [3.63, 3.8) is 0 Å². The Morgan fingerprint density at radius 2 is 1.90 bits per heavy atom. The van der Waals surface area contributed by atoms with Crippen molar-refractivity contribution in [2.75, 3.05) is 0 Å². The number of esters is 1. The highest BCUT2D eigenvalue weighted by atomic mass is 35.5. The summed E-state index contributed by atoms with van der Waals surface area (Å²) < 4.78 is 5.45. The number of carbonyl (C=O) groups excluding carboxylic acids is 1. The molecule has 1 saturated carbocycles. The first kappa shape index (κ1) is 16.3. The molecule has 1 heterocycles. The third-order valence-corrected chi connectivity index (χ3v) is 4.62. The minimum atomic E-state index is -0.0909. The zero-order valence-electron chi connectivity index (χ0n) is 12.3. The third kappa shape index (κ3) is 4.21. The number of hydrogen-bond donors (Lipinski definition) is 1. The Morgan fingerprint density at radius 3 is 2.71 bits per heavy atom. The van der Waals surface area contributed by atoms with Crippen molar-refractivity contribution in [1.82, 2.24) is 5.32 Å². The van der Waals surface area contributed by atoms with Crippen LogP contribution in [-0.4, -0.2) is 18.1 Å². The molecule has 0 bridgehead atoms. The Bertz CT molecular complexity index is 437. The first-order valence-corrected chi connectivity index (χ1v) is 7.79. The first-order chi connectivity index (χ1) is 9.83. The van der Waals surface area contributed by atoms with Gasteiger partial charge < -0.3 is 10.1 Å². The summed E-state index contributed by atoms with van der Waals surface area (Å²) in [6.07, 6.45) is 7.39. The van der Waals surface area contributed by atoms with Crippen LogP contribution in [0.2, 0.25) is 0 Å². The molecule has 1 aliphatic carbocycles. The van der Waals surface area contributed by atoms with E-state index in [1.54, 1.807) is 0 Å². The fourth-order valence-corrected chi connectivity index (χ4v) is 3.51. The molecule has 116 valence electrons. The Morgan fingerprint density at radius 1 is 1.14 bits per heavy atom. The van der Waals surface area contributed by atoms with E-state index < -0.39 is 0 Å². The van der Waals surface area contributed by atoms with E-state index >= 15 is 0 Å². The van der Waals surface area contributed by atoms with Gasteiger partial charge in [0.05, 0.1) is 0 Å². The zero-order chi connectivity index (χ0) is 13.8. The first-order valence-electron chi connectivity index (χ1n) is 7.79. The number of ether oxygens (including phenoxy) is 1. The molecule has 2 aliphatic rings. The van der Waals surface area contributed by atoms with Crippen molar-refractivity contribution >= 4 is 18.4 Å². The molecule has 0 aromatic heterocycles. The fraction of sp³-hybridized carbons (Fsp3) is 0.588. The van der Waals surface area contributed by atoms with Gasteiger partial charge in [0.15, 0.2) is 0 Å². The number of nitrogens with one attached hydrogen (secondary N) is 1. The van der Waals surface area contributed by atoms with Crippen LogP contribution in [0.4, 0.5) is 0 Å². The van der Waals surface area contributed by atoms with Gasteiger partial charge in [0.2, 0.25) is 0 Å². The molecular formula is C17H24ClNO2. The minimum absolute atomic E-state index is 0. The number of carbonyl (C=O) groups is 1. The molecule has 1 aromatic rings. The maximum atomic E-state index is 12.2. The average Bonchev–Trinajstić information content (AvgIpc) is 2.77. The molecular weight excluding hydrogens is 286 g/mol. The Kier molecular flexibility index (Phi) is 6.07. The fourth-order valence-electron chi connectivity index (χ4n) is 3.51. The SMILES string of the molecule is Cl.O=C(OCc1ccccc1)C1CC2CCCCCC2N1. The van der Waals surface area contributed by atoms with Crippen molar-refractivity contribution in [3.05, 3.63) is 35.9 Å². The monoisotopic (exact) mass is 309 g/mol. The van der Waals surface area contributed by atoms with Crippen LogP contribution in [0, 0.1) is 5.92 Å². The van der Waals surface area contributed by atoms with E-state index in [2.05, 4.69) is 5.32 Å². The van der Waals surface area contributed by atoms with E-state index in [0.29, 0.717) is 18.6 Å². The van der Waals surface area contributed by atoms with Gasteiger partial charge in [-0.3, -0.25) is 4.79 Å².